The van der Waals surface area contributed by atoms with E-state index in [0.717, 1.165) is 54.5 Å². The largest absolute Gasteiger partial charge is 0.334 e. The van der Waals surface area contributed by atoms with E-state index in [9.17, 15) is 4.79 Å². The normalized spacial score (nSPS) is 15.9. The number of rotatable bonds is 5. The molecule has 6 heteroatoms. The van der Waals surface area contributed by atoms with Gasteiger partial charge in [-0.25, -0.2) is 9.97 Å². The highest BCUT2D eigenvalue weighted by Crippen LogP contribution is 2.26. The summed E-state index contributed by atoms with van der Waals surface area (Å²) in [4.78, 5) is 23.9. The Hall–Kier alpha value is -2.73. The molecule has 1 N–H and O–H groups in total. The monoisotopic (exact) mass is 391 g/mol. The number of fused-ring (bicyclic) bond motifs is 1. The molecule has 0 bridgehead atoms. The molecule has 1 fully saturated rings. The lowest BCUT2D eigenvalue weighted by Crippen LogP contribution is -2.39. The molecule has 152 valence electrons. The van der Waals surface area contributed by atoms with E-state index in [2.05, 4.69) is 52.2 Å². The first kappa shape index (κ1) is 19.6. The average molecular weight is 392 g/mol. The molecule has 3 heterocycles. The predicted molar refractivity (Wildman–Crippen MR) is 117 cm³/mol. The molecule has 0 atom stereocenters. The van der Waals surface area contributed by atoms with Gasteiger partial charge in [0.25, 0.3) is 0 Å². The molecule has 1 aliphatic rings. The Bertz CT molecular complexity index is 1000. The smallest absolute Gasteiger partial charge is 0.228 e. The van der Waals surface area contributed by atoms with Crippen LogP contribution < -0.4 is 5.32 Å². The molecule has 0 spiro atoms. The van der Waals surface area contributed by atoms with Gasteiger partial charge >= 0.3 is 0 Å². The summed E-state index contributed by atoms with van der Waals surface area (Å²) >= 11 is 0. The van der Waals surface area contributed by atoms with E-state index in [1.165, 1.54) is 0 Å². The van der Waals surface area contributed by atoms with Gasteiger partial charge in [-0.2, -0.15) is 0 Å². The molecule has 1 saturated heterocycles. The van der Waals surface area contributed by atoms with Gasteiger partial charge in [0.05, 0.1) is 18.2 Å². The van der Waals surface area contributed by atoms with E-state index in [1.807, 2.05) is 30.1 Å². The van der Waals surface area contributed by atoms with Crippen LogP contribution >= 0.6 is 0 Å². The molecule has 0 aliphatic carbocycles. The van der Waals surface area contributed by atoms with Crippen molar-refractivity contribution in [2.75, 3.05) is 25.0 Å². The third-order valence-electron chi connectivity index (χ3n) is 5.67. The van der Waals surface area contributed by atoms with Crippen molar-refractivity contribution in [3.8, 4) is 11.3 Å². The van der Waals surface area contributed by atoms with Crippen molar-refractivity contribution in [1.29, 1.82) is 0 Å². The maximum atomic E-state index is 12.7. The number of likely N-dealkylation sites (tertiary alicyclic amines) is 1. The van der Waals surface area contributed by atoms with Crippen LogP contribution in [0.3, 0.4) is 0 Å². The number of benzene rings is 1. The van der Waals surface area contributed by atoms with Crippen LogP contribution in [0.15, 0.2) is 43.0 Å². The maximum Gasteiger partial charge on any atom is 0.228 e. The summed E-state index contributed by atoms with van der Waals surface area (Å²) in [6.07, 6.45) is 7.30. The number of hydrogen-bond acceptors (Lipinski definition) is 4. The van der Waals surface area contributed by atoms with Crippen molar-refractivity contribution < 1.29 is 4.79 Å². The second kappa shape index (κ2) is 8.33. The number of aryl methyl sites for hydroxylation is 1. The van der Waals surface area contributed by atoms with Crippen molar-refractivity contribution in [2.24, 2.45) is 18.9 Å². The van der Waals surface area contributed by atoms with Crippen LogP contribution in [0.1, 0.15) is 26.7 Å². The standard InChI is InChI=1S/C23H29N5O/c1-16(2)14-28-8-6-17(7-9-28)23(29)26-22-11-20-10-18(4-5-19(20)12-25-22)21-13-24-15-27(21)3/h4-5,10-13,15-17H,6-9,14H2,1-3H3,(H,25,26,29). The number of carbonyl (C=O) groups is 1. The molecule has 29 heavy (non-hydrogen) atoms. The van der Waals surface area contributed by atoms with E-state index in [4.69, 9.17) is 0 Å². The maximum absolute atomic E-state index is 12.7. The predicted octanol–water partition coefficient (Wildman–Crippen LogP) is 3.94. The minimum Gasteiger partial charge on any atom is -0.334 e. The zero-order chi connectivity index (χ0) is 20.4. The van der Waals surface area contributed by atoms with Crippen LogP contribution in [-0.4, -0.2) is 45.0 Å². The van der Waals surface area contributed by atoms with Gasteiger partial charge in [0.1, 0.15) is 5.82 Å². The minimum atomic E-state index is 0.0664. The summed E-state index contributed by atoms with van der Waals surface area (Å²) < 4.78 is 2.00. The van der Waals surface area contributed by atoms with Crippen molar-refractivity contribution in [2.45, 2.75) is 26.7 Å². The van der Waals surface area contributed by atoms with Crippen LogP contribution in [0.5, 0.6) is 0 Å². The van der Waals surface area contributed by atoms with E-state index >= 15 is 0 Å². The van der Waals surface area contributed by atoms with Gasteiger partial charge in [-0.05, 0) is 49.4 Å². The fourth-order valence-electron chi connectivity index (χ4n) is 4.13. The third-order valence-corrected chi connectivity index (χ3v) is 5.67. The van der Waals surface area contributed by atoms with Crippen molar-refractivity contribution >= 4 is 22.5 Å². The molecule has 1 aliphatic heterocycles. The topological polar surface area (TPSA) is 63.1 Å². The number of anilines is 1. The summed E-state index contributed by atoms with van der Waals surface area (Å²) in [6, 6.07) is 8.21. The minimum absolute atomic E-state index is 0.0664. The zero-order valence-electron chi connectivity index (χ0n) is 17.4. The quantitative estimate of drug-likeness (QED) is 0.715. The van der Waals surface area contributed by atoms with Crippen LogP contribution in [0.2, 0.25) is 0 Å². The van der Waals surface area contributed by atoms with E-state index in [-0.39, 0.29) is 11.8 Å². The lowest BCUT2D eigenvalue weighted by atomic mass is 9.95. The first-order chi connectivity index (χ1) is 14.0. The molecule has 3 aromatic rings. The fourth-order valence-corrected chi connectivity index (χ4v) is 4.13. The zero-order valence-corrected chi connectivity index (χ0v) is 17.4. The van der Waals surface area contributed by atoms with Crippen molar-refractivity contribution in [1.82, 2.24) is 19.4 Å². The number of imidazole rings is 1. The number of nitrogens with one attached hydrogen (secondary N) is 1. The molecule has 0 radical (unpaired) electrons. The van der Waals surface area contributed by atoms with E-state index < -0.39 is 0 Å². The van der Waals surface area contributed by atoms with Crippen LogP contribution in [0.4, 0.5) is 5.82 Å². The highest BCUT2D eigenvalue weighted by molar-refractivity contribution is 5.95. The average Bonchev–Trinajstić information content (AvgIpc) is 3.13. The first-order valence-corrected chi connectivity index (χ1v) is 10.4. The number of nitrogens with zero attached hydrogens (tertiary/aromatic N) is 4. The Labute approximate surface area is 172 Å². The second-order valence-electron chi connectivity index (χ2n) is 8.48. The number of piperidine rings is 1. The number of pyridine rings is 1. The molecule has 4 rings (SSSR count). The molecular weight excluding hydrogens is 362 g/mol. The summed E-state index contributed by atoms with van der Waals surface area (Å²) in [5, 5.41) is 5.15. The molecule has 2 aromatic heterocycles. The highest BCUT2D eigenvalue weighted by atomic mass is 16.1. The van der Waals surface area contributed by atoms with Gasteiger partial charge in [0, 0.05) is 36.7 Å². The van der Waals surface area contributed by atoms with Gasteiger partial charge in [0.15, 0.2) is 0 Å². The molecule has 0 unspecified atom stereocenters. The highest BCUT2D eigenvalue weighted by Gasteiger charge is 2.25. The molecule has 6 nitrogen and oxygen atoms in total. The van der Waals surface area contributed by atoms with Gasteiger partial charge in [-0.3, -0.25) is 4.79 Å². The lowest BCUT2D eigenvalue weighted by molar-refractivity contribution is -0.121. The summed E-state index contributed by atoms with van der Waals surface area (Å²) in [5.74, 6) is 1.44. The SMILES string of the molecule is CC(C)CN1CCC(C(=O)Nc2cc3cc(-c4cncn4C)ccc3cn2)CC1. The number of amides is 1. The van der Waals surface area contributed by atoms with Gasteiger partial charge < -0.3 is 14.8 Å². The summed E-state index contributed by atoms with van der Waals surface area (Å²) in [6.45, 7) is 7.58. The number of aromatic nitrogens is 3. The Kier molecular flexibility index (Phi) is 5.62. The molecule has 1 amide bonds. The van der Waals surface area contributed by atoms with Crippen LogP contribution in [-0.2, 0) is 11.8 Å². The number of hydrogen-bond donors (Lipinski definition) is 1. The van der Waals surface area contributed by atoms with E-state index in [0.29, 0.717) is 11.7 Å². The van der Waals surface area contributed by atoms with Gasteiger partial charge in [-0.1, -0.05) is 26.0 Å². The van der Waals surface area contributed by atoms with Crippen molar-refractivity contribution in [3.05, 3.63) is 43.0 Å². The molecule has 0 saturated carbocycles. The van der Waals surface area contributed by atoms with Crippen molar-refractivity contribution in [3.63, 3.8) is 0 Å². The Balaban J connectivity index is 1.45. The van der Waals surface area contributed by atoms with E-state index in [1.54, 1.807) is 6.33 Å². The van der Waals surface area contributed by atoms with Crippen LogP contribution in [0, 0.1) is 11.8 Å². The summed E-state index contributed by atoms with van der Waals surface area (Å²) in [7, 11) is 1.98. The lowest BCUT2D eigenvalue weighted by Gasteiger charge is -2.32. The third kappa shape index (κ3) is 4.48. The van der Waals surface area contributed by atoms with Crippen LogP contribution in [0.25, 0.3) is 22.0 Å². The fraction of sp³-hybridized carbons (Fsp3) is 0.435. The van der Waals surface area contributed by atoms with Gasteiger partial charge in [-0.15, -0.1) is 0 Å². The Morgan fingerprint density at radius 3 is 2.66 bits per heavy atom. The van der Waals surface area contributed by atoms with Gasteiger partial charge in [0.2, 0.25) is 5.91 Å². The number of carbonyl (C=O) groups excluding carboxylic acids is 1. The Morgan fingerprint density at radius 2 is 1.97 bits per heavy atom. The first-order valence-electron chi connectivity index (χ1n) is 10.4. The Morgan fingerprint density at radius 1 is 1.17 bits per heavy atom. The second-order valence-corrected chi connectivity index (χ2v) is 8.48. The molecule has 1 aromatic carbocycles. The molecular formula is C23H29N5O. The summed E-state index contributed by atoms with van der Waals surface area (Å²) in [5.41, 5.74) is 2.15.